The lowest BCUT2D eigenvalue weighted by atomic mass is 10.1. The van der Waals surface area contributed by atoms with Crippen molar-refractivity contribution >= 4 is 11.6 Å². The van der Waals surface area contributed by atoms with Crippen LogP contribution in [-0.4, -0.2) is 32.2 Å². The molecule has 0 aliphatic carbocycles. The average Bonchev–Trinajstić information content (AvgIpc) is 2.94. The normalized spacial score (nSPS) is 10.8. The Hall–Kier alpha value is -3.22. The number of rotatable bonds is 6. The number of hydrazine groups is 1. The number of anilines is 1. The van der Waals surface area contributed by atoms with Gasteiger partial charge in [0.25, 0.3) is 5.95 Å². The van der Waals surface area contributed by atoms with Crippen LogP contribution < -0.4 is 10.4 Å². The topological polar surface area (TPSA) is 75.9 Å². The summed E-state index contributed by atoms with van der Waals surface area (Å²) < 4.78 is 1.72. The van der Waals surface area contributed by atoms with Gasteiger partial charge in [-0.05, 0) is 59.7 Å². The third-order valence-electron chi connectivity index (χ3n) is 4.86. The van der Waals surface area contributed by atoms with E-state index in [2.05, 4.69) is 20.5 Å². The monoisotopic (exact) mass is 392 g/mol. The molecular formula is C22H28N6O. The molecule has 3 aromatic rings. The third kappa shape index (κ3) is 4.62. The Labute approximate surface area is 171 Å². The van der Waals surface area contributed by atoms with Crippen LogP contribution >= 0.6 is 0 Å². The summed E-state index contributed by atoms with van der Waals surface area (Å²) in [5.41, 5.74) is 9.48. The first-order chi connectivity index (χ1) is 13.8. The summed E-state index contributed by atoms with van der Waals surface area (Å²) in [5.74, 6) is 0.448. The van der Waals surface area contributed by atoms with E-state index >= 15 is 0 Å². The van der Waals surface area contributed by atoms with E-state index in [1.54, 1.807) is 4.68 Å². The van der Waals surface area contributed by atoms with Gasteiger partial charge in [-0.2, -0.15) is 5.10 Å². The predicted molar refractivity (Wildman–Crippen MR) is 114 cm³/mol. The molecule has 29 heavy (non-hydrogen) atoms. The van der Waals surface area contributed by atoms with Crippen molar-refractivity contribution in [2.45, 2.75) is 48.0 Å². The molecule has 0 unspecified atom stereocenters. The summed E-state index contributed by atoms with van der Waals surface area (Å²) in [5, 5.41) is 6.43. The first kappa shape index (κ1) is 20.5. The first-order valence-electron chi connectivity index (χ1n) is 9.80. The molecule has 0 spiro atoms. The zero-order valence-electron chi connectivity index (χ0n) is 17.9. The molecule has 1 amide bonds. The molecular weight excluding hydrogens is 364 g/mol. The molecule has 0 aliphatic heterocycles. The van der Waals surface area contributed by atoms with E-state index in [9.17, 15) is 4.79 Å². The highest BCUT2D eigenvalue weighted by atomic mass is 16.2. The fourth-order valence-corrected chi connectivity index (χ4v) is 3.33. The van der Waals surface area contributed by atoms with E-state index in [0.29, 0.717) is 12.5 Å². The minimum atomic E-state index is -0.0838. The van der Waals surface area contributed by atoms with Crippen LogP contribution in [0.25, 0.3) is 5.95 Å². The lowest BCUT2D eigenvalue weighted by Crippen LogP contribution is -2.43. The second-order valence-corrected chi connectivity index (χ2v) is 7.30. The van der Waals surface area contributed by atoms with Crippen molar-refractivity contribution in [3.05, 3.63) is 64.2 Å². The molecule has 3 rings (SSSR count). The second kappa shape index (κ2) is 8.43. The van der Waals surface area contributed by atoms with Gasteiger partial charge in [-0.3, -0.25) is 15.2 Å². The first-order valence-corrected chi connectivity index (χ1v) is 9.80. The highest BCUT2D eigenvalue weighted by molar-refractivity contribution is 5.80. The van der Waals surface area contributed by atoms with Crippen molar-refractivity contribution in [3.8, 4) is 5.95 Å². The van der Waals surface area contributed by atoms with E-state index < -0.39 is 0 Å². The SMILES string of the molecule is CCN(NC(=O)Cc1c(C)nn(-c2nc(C)cc(C)n2)c1C)c1ccc(C)cc1. The van der Waals surface area contributed by atoms with Crippen LogP contribution in [0.1, 0.15) is 40.8 Å². The Morgan fingerprint density at radius 1 is 1.03 bits per heavy atom. The minimum Gasteiger partial charge on any atom is -0.286 e. The fraction of sp³-hybridized carbons (Fsp3) is 0.364. The molecule has 1 aromatic carbocycles. The number of carbonyl (C=O) groups is 1. The van der Waals surface area contributed by atoms with Crippen molar-refractivity contribution in [1.82, 2.24) is 25.2 Å². The Morgan fingerprint density at radius 3 is 2.24 bits per heavy atom. The zero-order chi connectivity index (χ0) is 21.1. The van der Waals surface area contributed by atoms with Crippen LogP contribution in [0.15, 0.2) is 30.3 Å². The number of benzene rings is 1. The van der Waals surface area contributed by atoms with Crippen molar-refractivity contribution in [2.75, 3.05) is 11.6 Å². The molecule has 7 heteroatoms. The highest BCUT2D eigenvalue weighted by Gasteiger charge is 2.19. The number of nitrogens with one attached hydrogen (secondary N) is 1. The van der Waals surface area contributed by atoms with Gasteiger partial charge < -0.3 is 0 Å². The minimum absolute atomic E-state index is 0.0838. The van der Waals surface area contributed by atoms with Gasteiger partial charge in [-0.1, -0.05) is 17.7 Å². The maximum atomic E-state index is 12.8. The zero-order valence-corrected chi connectivity index (χ0v) is 17.9. The molecule has 0 saturated heterocycles. The molecule has 1 N–H and O–H groups in total. The Kier molecular flexibility index (Phi) is 5.96. The lowest BCUT2D eigenvalue weighted by Gasteiger charge is -2.24. The predicted octanol–water partition coefficient (Wildman–Crippen LogP) is 3.30. The Morgan fingerprint density at radius 2 is 1.66 bits per heavy atom. The van der Waals surface area contributed by atoms with Gasteiger partial charge in [0.15, 0.2) is 0 Å². The van der Waals surface area contributed by atoms with Crippen LogP contribution in [0, 0.1) is 34.6 Å². The Bertz CT molecular complexity index is 1000. The molecule has 0 fully saturated rings. The molecule has 2 heterocycles. The van der Waals surface area contributed by atoms with E-state index in [1.807, 2.05) is 76.9 Å². The number of hydrogen-bond acceptors (Lipinski definition) is 5. The second-order valence-electron chi connectivity index (χ2n) is 7.30. The van der Waals surface area contributed by atoms with E-state index in [1.165, 1.54) is 5.56 Å². The molecule has 0 radical (unpaired) electrons. The summed E-state index contributed by atoms with van der Waals surface area (Å²) in [6, 6.07) is 10.0. The lowest BCUT2D eigenvalue weighted by molar-refractivity contribution is -0.120. The van der Waals surface area contributed by atoms with Gasteiger partial charge in [0.1, 0.15) is 0 Å². The number of aryl methyl sites for hydroxylation is 4. The summed E-state index contributed by atoms with van der Waals surface area (Å²) in [6.45, 7) is 12.4. The number of carbonyl (C=O) groups excluding carboxylic acids is 1. The summed E-state index contributed by atoms with van der Waals surface area (Å²) in [4.78, 5) is 21.7. The maximum Gasteiger partial charge on any atom is 0.251 e. The van der Waals surface area contributed by atoms with Crippen LogP contribution in [0.2, 0.25) is 0 Å². The molecule has 0 saturated carbocycles. The molecule has 0 bridgehead atoms. The van der Waals surface area contributed by atoms with Crippen LogP contribution in [0.3, 0.4) is 0 Å². The Balaban J connectivity index is 1.80. The molecule has 0 atom stereocenters. The molecule has 0 aliphatic rings. The smallest absolute Gasteiger partial charge is 0.251 e. The van der Waals surface area contributed by atoms with E-state index in [0.717, 1.165) is 34.0 Å². The van der Waals surface area contributed by atoms with Crippen molar-refractivity contribution in [2.24, 2.45) is 0 Å². The van der Waals surface area contributed by atoms with E-state index in [4.69, 9.17) is 0 Å². The number of aromatic nitrogens is 4. The fourth-order valence-electron chi connectivity index (χ4n) is 3.33. The van der Waals surface area contributed by atoms with E-state index in [-0.39, 0.29) is 12.3 Å². The molecule has 152 valence electrons. The third-order valence-corrected chi connectivity index (χ3v) is 4.86. The number of nitrogens with zero attached hydrogens (tertiary/aromatic N) is 5. The van der Waals surface area contributed by atoms with Crippen LogP contribution in [0.4, 0.5) is 5.69 Å². The quantitative estimate of drug-likeness (QED) is 0.652. The van der Waals surface area contributed by atoms with Gasteiger partial charge in [0.05, 0.1) is 17.8 Å². The maximum absolute atomic E-state index is 12.8. The van der Waals surface area contributed by atoms with Crippen molar-refractivity contribution in [1.29, 1.82) is 0 Å². The standard InChI is InChI=1S/C22H28N6O/c1-7-27(19-10-8-14(2)9-11-19)26-21(29)13-20-17(5)25-28(18(20)6)22-23-15(3)12-16(4)24-22/h8-12H,7,13H2,1-6H3,(H,26,29). The van der Waals surface area contributed by atoms with Crippen molar-refractivity contribution in [3.63, 3.8) is 0 Å². The van der Waals surface area contributed by atoms with Crippen molar-refractivity contribution < 1.29 is 4.79 Å². The van der Waals surface area contributed by atoms with Crippen LogP contribution in [-0.2, 0) is 11.2 Å². The summed E-state index contributed by atoms with van der Waals surface area (Å²) >= 11 is 0. The summed E-state index contributed by atoms with van der Waals surface area (Å²) in [6.07, 6.45) is 0.241. The van der Waals surface area contributed by atoms with Gasteiger partial charge >= 0.3 is 0 Å². The van der Waals surface area contributed by atoms with Gasteiger partial charge in [0.2, 0.25) is 5.91 Å². The van der Waals surface area contributed by atoms with Gasteiger partial charge in [-0.15, -0.1) is 0 Å². The van der Waals surface area contributed by atoms with Gasteiger partial charge in [0, 0.05) is 29.2 Å². The number of amides is 1. The van der Waals surface area contributed by atoms with Crippen LogP contribution in [0.5, 0.6) is 0 Å². The average molecular weight is 393 g/mol. The molecule has 7 nitrogen and oxygen atoms in total. The summed E-state index contributed by atoms with van der Waals surface area (Å²) in [7, 11) is 0. The largest absolute Gasteiger partial charge is 0.286 e. The molecule has 2 aromatic heterocycles. The number of hydrogen-bond donors (Lipinski definition) is 1. The highest BCUT2D eigenvalue weighted by Crippen LogP contribution is 2.18. The van der Waals surface area contributed by atoms with Gasteiger partial charge in [-0.25, -0.2) is 14.6 Å².